The maximum absolute atomic E-state index is 14.0. The van der Waals surface area contributed by atoms with Crippen molar-refractivity contribution in [1.82, 2.24) is 14.9 Å². The van der Waals surface area contributed by atoms with E-state index in [1.54, 1.807) is 19.1 Å². The lowest BCUT2D eigenvalue weighted by Gasteiger charge is -2.37. The first kappa shape index (κ1) is 18.7. The van der Waals surface area contributed by atoms with Crippen molar-refractivity contribution < 1.29 is 9.18 Å². The lowest BCUT2D eigenvalue weighted by molar-refractivity contribution is -0.136. The fourth-order valence-electron chi connectivity index (χ4n) is 4.29. The van der Waals surface area contributed by atoms with Gasteiger partial charge in [0, 0.05) is 37.7 Å². The monoisotopic (exact) mass is 384 g/mol. The van der Waals surface area contributed by atoms with Crippen molar-refractivity contribution in [3.63, 3.8) is 0 Å². The number of rotatable bonds is 2. The van der Waals surface area contributed by atoms with Crippen LogP contribution in [0.3, 0.4) is 0 Å². The molecule has 0 bridgehead atoms. The molecule has 4 rings (SSSR count). The van der Waals surface area contributed by atoms with Crippen LogP contribution in [-0.4, -0.2) is 47.0 Å². The van der Waals surface area contributed by atoms with Crippen LogP contribution in [-0.2, 0) is 17.6 Å². The van der Waals surface area contributed by atoms with Crippen molar-refractivity contribution in [3.8, 4) is 0 Å². The maximum Gasteiger partial charge on any atom is 0.254 e. The summed E-state index contributed by atoms with van der Waals surface area (Å²) in [6.07, 6.45) is 2.64. The minimum Gasteiger partial charge on any atom is -0.366 e. The van der Waals surface area contributed by atoms with Gasteiger partial charge >= 0.3 is 0 Å². The maximum atomic E-state index is 14.0. The molecule has 7 heteroatoms. The highest BCUT2D eigenvalue weighted by atomic mass is 19.1. The van der Waals surface area contributed by atoms with Crippen molar-refractivity contribution in [3.05, 3.63) is 57.5 Å². The number of aromatic amines is 1. The Morgan fingerprint density at radius 3 is 2.61 bits per heavy atom. The van der Waals surface area contributed by atoms with Gasteiger partial charge in [-0.15, -0.1) is 0 Å². The molecule has 1 aliphatic heterocycles. The lowest BCUT2D eigenvalue weighted by Crippen LogP contribution is -2.50. The Kier molecular flexibility index (Phi) is 5.15. The molecule has 1 unspecified atom stereocenters. The van der Waals surface area contributed by atoms with Crippen LogP contribution in [0.25, 0.3) is 0 Å². The molecular weight excluding hydrogens is 359 g/mol. The largest absolute Gasteiger partial charge is 0.366 e. The number of anilines is 1. The summed E-state index contributed by atoms with van der Waals surface area (Å²) in [4.78, 5) is 36.3. The van der Waals surface area contributed by atoms with E-state index in [9.17, 15) is 14.0 Å². The van der Waals surface area contributed by atoms with E-state index in [1.165, 1.54) is 6.07 Å². The summed E-state index contributed by atoms with van der Waals surface area (Å²) in [6.45, 7) is 4.22. The quantitative estimate of drug-likeness (QED) is 0.805. The zero-order valence-electron chi connectivity index (χ0n) is 16.1. The molecule has 0 spiro atoms. The van der Waals surface area contributed by atoms with Gasteiger partial charge in [-0.25, -0.2) is 9.37 Å². The summed E-state index contributed by atoms with van der Waals surface area (Å²) >= 11 is 0. The van der Waals surface area contributed by atoms with Gasteiger partial charge in [0.2, 0.25) is 5.91 Å². The van der Waals surface area contributed by atoms with Gasteiger partial charge in [0.1, 0.15) is 11.6 Å². The molecule has 1 aliphatic carbocycles. The Morgan fingerprint density at radius 2 is 1.86 bits per heavy atom. The van der Waals surface area contributed by atoms with Crippen molar-refractivity contribution in [2.24, 2.45) is 5.92 Å². The second-order valence-electron chi connectivity index (χ2n) is 7.61. The van der Waals surface area contributed by atoms with E-state index >= 15 is 0 Å². The van der Waals surface area contributed by atoms with Crippen molar-refractivity contribution >= 4 is 11.6 Å². The number of nitrogens with zero attached hydrogens (tertiary/aromatic N) is 3. The molecule has 2 heterocycles. The summed E-state index contributed by atoms with van der Waals surface area (Å²) in [7, 11) is 0. The third kappa shape index (κ3) is 3.66. The van der Waals surface area contributed by atoms with Gasteiger partial charge in [-0.1, -0.05) is 12.1 Å². The van der Waals surface area contributed by atoms with E-state index < -0.39 is 0 Å². The summed E-state index contributed by atoms with van der Waals surface area (Å²) in [6, 6.07) is 6.76. The SMILES string of the molecule is Cc1nc2c(c(=O)[nH]1)CCC(C(=O)N1CCN(c3ccccc3F)CC1)CC2. The smallest absolute Gasteiger partial charge is 0.254 e. The number of piperazine rings is 1. The molecule has 1 fully saturated rings. The van der Waals surface area contributed by atoms with Crippen LogP contribution >= 0.6 is 0 Å². The van der Waals surface area contributed by atoms with E-state index in [1.807, 2.05) is 15.9 Å². The third-order valence-electron chi connectivity index (χ3n) is 5.83. The number of amides is 1. The van der Waals surface area contributed by atoms with Crippen LogP contribution < -0.4 is 10.5 Å². The number of para-hydroxylation sites is 1. The van der Waals surface area contributed by atoms with Gasteiger partial charge in [-0.05, 0) is 44.7 Å². The van der Waals surface area contributed by atoms with Gasteiger partial charge in [0.25, 0.3) is 5.56 Å². The average Bonchev–Trinajstić information content (AvgIpc) is 2.91. The number of hydrogen-bond acceptors (Lipinski definition) is 4. The Morgan fingerprint density at radius 1 is 1.14 bits per heavy atom. The third-order valence-corrected chi connectivity index (χ3v) is 5.83. The van der Waals surface area contributed by atoms with E-state index in [4.69, 9.17) is 0 Å². The van der Waals surface area contributed by atoms with E-state index in [-0.39, 0.29) is 23.2 Å². The summed E-state index contributed by atoms with van der Waals surface area (Å²) < 4.78 is 14.0. The van der Waals surface area contributed by atoms with Crippen LogP contribution in [0.2, 0.25) is 0 Å². The number of aromatic nitrogens is 2. The minimum absolute atomic E-state index is 0.0749. The Balaban J connectivity index is 1.39. The number of H-pyrrole nitrogens is 1. The first-order chi connectivity index (χ1) is 13.5. The molecule has 2 aromatic rings. The minimum atomic E-state index is -0.225. The number of aryl methyl sites for hydroxylation is 2. The Labute approximate surface area is 163 Å². The van der Waals surface area contributed by atoms with Crippen LogP contribution in [0.4, 0.5) is 10.1 Å². The van der Waals surface area contributed by atoms with Crippen LogP contribution in [0.5, 0.6) is 0 Å². The van der Waals surface area contributed by atoms with Gasteiger partial charge < -0.3 is 14.8 Å². The van der Waals surface area contributed by atoms with Crippen LogP contribution in [0.15, 0.2) is 29.1 Å². The summed E-state index contributed by atoms with van der Waals surface area (Å²) in [5.41, 5.74) is 2.08. The number of carbonyl (C=O) groups excluding carboxylic acids is 1. The molecule has 1 aromatic carbocycles. The second-order valence-corrected chi connectivity index (χ2v) is 7.61. The highest BCUT2D eigenvalue weighted by molar-refractivity contribution is 5.79. The summed E-state index contributed by atoms with van der Waals surface area (Å²) in [5.74, 6) is 0.456. The predicted molar refractivity (Wildman–Crippen MR) is 105 cm³/mol. The molecular formula is C21H25FN4O2. The van der Waals surface area contributed by atoms with Gasteiger partial charge in [0.05, 0.1) is 11.4 Å². The zero-order valence-corrected chi connectivity index (χ0v) is 16.1. The number of halogens is 1. The number of nitrogens with one attached hydrogen (secondary N) is 1. The first-order valence-corrected chi connectivity index (χ1v) is 9.90. The zero-order chi connectivity index (χ0) is 19.7. The van der Waals surface area contributed by atoms with E-state index in [0.717, 1.165) is 17.7 Å². The molecule has 1 saturated heterocycles. The fourth-order valence-corrected chi connectivity index (χ4v) is 4.29. The number of hydrogen-bond donors (Lipinski definition) is 1. The number of fused-ring (bicyclic) bond motifs is 1. The molecule has 2 aliphatic rings. The predicted octanol–water partition coefficient (Wildman–Crippen LogP) is 2.06. The van der Waals surface area contributed by atoms with E-state index in [2.05, 4.69) is 9.97 Å². The number of carbonyl (C=O) groups is 1. The number of benzene rings is 1. The molecule has 28 heavy (non-hydrogen) atoms. The standard InChI is InChI=1S/C21H25FN4O2/c1-14-23-18-9-7-15(6-8-16(18)20(27)24-14)21(28)26-12-10-25(11-13-26)19-5-3-2-4-17(19)22/h2-5,15H,6-13H2,1H3,(H,23,24,27). The molecule has 148 valence electrons. The second kappa shape index (κ2) is 7.73. The molecule has 1 N–H and O–H groups in total. The highest BCUT2D eigenvalue weighted by Crippen LogP contribution is 2.25. The van der Waals surface area contributed by atoms with Crippen molar-refractivity contribution in [2.75, 3.05) is 31.1 Å². The molecule has 6 nitrogen and oxygen atoms in total. The topological polar surface area (TPSA) is 69.3 Å². The summed E-state index contributed by atoms with van der Waals surface area (Å²) in [5, 5.41) is 0. The first-order valence-electron chi connectivity index (χ1n) is 9.90. The Hall–Kier alpha value is -2.70. The molecule has 0 saturated carbocycles. The lowest BCUT2D eigenvalue weighted by atomic mass is 9.97. The molecule has 0 radical (unpaired) electrons. The molecule has 1 amide bonds. The van der Waals surface area contributed by atoms with Crippen molar-refractivity contribution in [2.45, 2.75) is 32.6 Å². The van der Waals surface area contributed by atoms with Gasteiger partial charge in [0.15, 0.2) is 0 Å². The van der Waals surface area contributed by atoms with Crippen molar-refractivity contribution in [1.29, 1.82) is 0 Å². The fraction of sp³-hybridized carbons (Fsp3) is 0.476. The molecule has 1 atom stereocenters. The van der Waals surface area contributed by atoms with Crippen LogP contribution in [0.1, 0.15) is 29.9 Å². The highest BCUT2D eigenvalue weighted by Gasteiger charge is 2.30. The molecule has 1 aromatic heterocycles. The van der Waals surface area contributed by atoms with Gasteiger partial charge in [-0.3, -0.25) is 9.59 Å². The van der Waals surface area contributed by atoms with E-state index in [0.29, 0.717) is 57.0 Å². The normalized spacial score (nSPS) is 19.9. The van der Waals surface area contributed by atoms with Gasteiger partial charge in [-0.2, -0.15) is 0 Å². The average molecular weight is 384 g/mol. The van der Waals surface area contributed by atoms with Crippen LogP contribution in [0, 0.1) is 18.7 Å². The Bertz CT molecular complexity index is 934.